The van der Waals surface area contributed by atoms with E-state index in [0.29, 0.717) is 18.0 Å². The van der Waals surface area contributed by atoms with Gasteiger partial charge in [-0.05, 0) is 49.7 Å². The summed E-state index contributed by atoms with van der Waals surface area (Å²) in [5.74, 6) is 0.00462. The van der Waals surface area contributed by atoms with Crippen LogP contribution in [0.15, 0.2) is 15.7 Å². The zero-order valence-corrected chi connectivity index (χ0v) is 18.9. The van der Waals surface area contributed by atoms with Gasteiger partial charge in [0.1, 0.15) is 5.82 Å². The second kappa shape index (κ2) is 9.64. The van der Waals surface area contributed by atoms with Crippen molar-refractivity contribution in [3.63, 3.8) is 0 Å². The molecule has 7 nitrogen and oxygen atoms in total. The number of aryl methyl sites for hydroxylation is 2. The highest BCUT2D eigenvalue weighted by atomic mass is 32.1. The van der Waals surface area contributed by atoms with Crippen LogP contribution in [0.1, 0.15) is 73.0 Å². The van der Waals surface area contributed by atoms with Crippen LogP contribution in [-0.4, -0.2) is 22.0 Å². The van der Waals surface area contributed by atoms with Crippen molar-refractivity contribution in [3.8, 4) is 0 Å². The number of rotatable bonds is 7. The fourth-order valence-electron chi connectivity index (χ4n) is 3.92. The first kappa shape index (κ1) is 22.3. The number of carbonyl (C=O) groups excluding carboxylic acids is 1. The third-order valence-electron chi connectivity index (χ3n) is 5.47. The van der Waals surface area contributed by atoms with Crippen LogP contribution in [-0.2, 0) is 19.4 Å². The first-order valence-electron chi connectivity index (χ1n) is 10.9. The van der Waals surface area contributed by atoms with Crippen molar-refractivity contribution < 1.29 is 4.79 Å². The average molecular weight is 433 g/mol. The van der Waals surface area contributed by atoms with E-state index in [1.807, 2.05) is 26.8 Å². The molecule has 0 aromatic carbocycles. The highest BCUT2D eigenvalue weighted by Gasteiger charge is 2.27. The molecular formula is C22H32N4O3S. The first-order chi connectivity index (χ1) is 14.3. The molecular weight excluding hydrogens is 400 g/mol. The Balaban J connectivity index is 2.05. The maximum atomic E-state index is 13.5. The van der Waals surface area contributed by atoms with E-state index in [0.717, 1.165) is 38.5 Å². The number of carbonyl (C=O) groups is 1. The van der Waals surface area contributed by atoms with Crippen LogP contribution < -0.4 is 21.9 Å². The largest absolute Gasteiger partial charge is 0.383 e. The minimum atomic E-state index is -0.611. The van der Waals surface area contributed by atoms with Crippen LogP contribution in [0.3, 0.4) is 0 Å². The Labute approximate surface area is 180 Å². The van der Waals surface area contributed by atoms with Crippen LogP contribution in [0.2, 0.25) is 0 Å². The van der Waals surface area contributed by atoms with Crippen molar-refractivity contribution in [1.82, 2.24) is 9.55 Å². The molecule has 0 radical (unpaired) electrons. The van der Waals surface area contributed by atoms with Gasteiger partial charge in [0.15, 0.2) is 5.69 Å². The standard InChI is InChI=1S/C22H32N4O3S/c1-4-5-11-25(18-19(23)26(13-14(2)3)22(29)24-20(18)27)21(28)17-12-15-9-7-6-8-10-16(15)30-17/h12,14H,4-11,13,23H2,1-3H3,(H,24,27,29). The molecule has 8 heteroatoms. The fourth-order valence-corrected chi connectivity index (χ4v) is 5.12. The molecule has 1 aliphatic carbocycles. The summed E-state index contributed by atoms with van der Waals surface area (Å²) in [6, 6.07) is 1.99. The maximum Gasteiger partial charge on any atom is 0.330 e. The fraction of sp³-hybridized carbons (Fsp3) is 0.591. The van der Waals surface area contributed by atoms with Gasteiger partial charge in [0.2, 0.25) is 0 Å². The molecule has 0 spiro atoms. The number of amides is 1. The molecule has 1 amide bonds. The molecule has 0 aliphatic heterocycles. The zero-order valence-electron chi connectivity index (χ0n) is 18.1. The summed E-state index contributed by atoms with van der Waals surface area (Å²) in [6.07, 6.45) is 7.11. The highest BCUT2D eigenvalue weighted by Crippen LogP contribution is 2.31. The number of thiophene rings is 1. The molecule has 30 heavy (non-hydrogen) atoms. The van der Waals surface area contributed by atoms with Crippen molar-refractivity contribution in [1.29, 1.82) is 0 Å². The predicted molar refractivity (Wildman–Crippen MR) is 123 cm³/mol. The van der Waals surface area contributed by atoms with Crippen molar-refractivity contribution in [3.05, 3.63) is 42.2 Å². The molecule has 2 heterocycles. The van der Waals surface area contributed by atoms with E-state index in [1.54, 1.807) is 0 Å². The van der Waals surface area contributed by atoms with E-state index in [4.69, 9.17) is 5.73 Å². The van der Waals surface area contributed by atoms with E-state index in [2.05, 4.69) is 4.98 Å². The molecule has 0 bridgehead atoms. The number of nitrogens with one attached hydrogen (secondary N) is 1. The van der Waals surface area contributed by atoms with E-state index in [-0.39, 0.29) is 23.3 Å². The Morgan fingerprint density at radius 2 is 2.00 bits per heavy atom. The lowest BCUT2D eigenvalue weighted by atomic mass is 10.1. The number of aromatic nitrogens is 2. The van der Waals surface area contributed by atoms with Gasteiger partial charge in [-0.25, -0.2) is 4.79 Å². The molecule has 3 rings (SSSR count). The quantitative estimate of drug-likeness (QED) is 0.653. The van der Waals surface area contributed by atoms with Crippen LogP contribution in [0, 0.1) is 5.92 Å². The molecule has 0 unspecified atom stereocenters. The number of nitrogens with two attached hydrogens (primary N) is 1. The van der Waals surface area contributed by atoms with Gasteiger partial charge in [-0.15, -0.1) is 11.3 Å². The topological polar surface area (TPSA) is 101 Å². The van der Waals surface area contributed by atoms with Crippen LogP contribution in [0.4, 0.5) is 11.5 Å². The molecule has 1 aliphatic rings. The van der Waals surface area contributed by atoms with E-state index in [1.165, 1.54) is 37.7 Å². The van der Waals surface area contributed by atoms with Gasteiger partial charge in [-0.2, -0.15) is 0 Å². The Bertz CT molecular complexity index is 995. The van der Waals surface area contributed by atoms with Crippen molar-refractivity contribution in [2.24, 2.45) is 5.92 Å². The molecule has 0 fully saturated rings. The molecule has 164 valence electrons. The SMILES string of the molecule is CCCCN(C(=O)c1cc2c(s1)CCCCC2)c1c(N)n(CC(C)C)c(=O)[nH]c1=O. The van der Waals surface area contributed by atoms with Crippen molar-refractivity contribution >= 4 is 28.7 Å². The van der Waals surface area contributed by atoms with E-state index >= 15 is 0 Å². The minimum absolute atomic E-state index is 0.0556. The summed E-state index contributed by atoms with van der Waals surface area (Å²) < 4.78 is 1.36. The molecule has 0 saturated carbocycles. The summed E-state index contributed by atoms with van der Waals surface area (Å²) in [6.45, 7) is 6.72. The summed E-state index contributed by atoms with van der Waals surface area (Å²) in [4.78, 5) is 44.3. The summed E-state index contributed by atoms with van der Waals surface area (Å²) in [5.41, 5.74) is 6.47. The number of hydrogen-bond acceptors (Lipinski definition) is 5. The number of nitrogens with zero attached hydrogens (tertiary/aromatic N) is 2. The van der Waals surface area contributed by atoms with Gasteiger partial charge in [0, 0.05) is 18.0 Å². The molecule has 3 N–H and O–H groups in total. The summed E-state index contributed by atoms with van der Waals surface area (Å²) >= 11 is 1.53. The van der Waals surface area contributed by atoms with Gasteiger partial charge in [-0.3, -0.25) is 24.0 Å². The van der Waals surface area contributed by atoms with Crippen molar-refractivity contribution in [2.45, 2.75) is 72.3 Å². The Kier molecular flexibility index (Phi) is 7.18. The first-order valence-corrected chi connectivity index (χ1v) is 11.7. The number of fused-ring (bicyclic) bond motifs is 1. The lowest BCUT2D eigenvalue weighted by molar-refractivity contribution is 0.0990. The average Bonchev–Trinajstić information content (AvgIpc) is 2.97. The van der Waals surface area contributed by atoms with Gasteiger partial charge in [0.25, 0.3) is 11.5 Å². The Hall–Kier alpha value is -2.35. The third kappa shape index (κ3) is 4.69. The lowest BCUT2D eigenvalue weighted by Gasteiger charge is -2.24. The Morgan fingerprint density at radius 3 is 2.70 bits per heavy atom. The van der Waals surface area contributed by atoms with E-state index in [9.17, 15) is 14.4 Å². The van der Waals surface area contributed by atoms with E-state index < -0.39 is 11.2 Å². The van der Waals surface area contributed by atoms with Gasteiger partial charge in [0.05, 0.1) is 4.88 Å². The lowest BCUT2D eigenvalue weighted by Crippen LogP contribution is -2.41. The molecule has 2 aromatic heterocycles. The van der Waals surface area contributed by atoms with Gasteiger partial charge < -0.3 is 5.73 Å². The molecule has 2 aromatic rings. The third-order valence-corrected chi connectivity index (χ3v) is 6.69. The van der Waals surface area contributed by atoms with Crippen LogP contribution in [0.25, 0.3) is 0 Å². The maximum absolute atomic E-state index is 13.5. The van der Waals surface area contributed by atoms with Crippen LogP contribution in [0.5, 0.6) is 0 Å². The monoisotopic (exact) mass is 432 g/mol. The predicted octanol–water partition coefficient (Wildman–Crippen LogP) is 3.55. The van der Waals surface area contributed by atoms with Crippen molar-refractivity contribution in [2.75, 3.05) is 17.2 Å². The summed E-state index contributed by atoms with van der Waals surface area (Å²) in [5, 5.41) is 0. The normalized spacial score (nSPS) is 13.9. The Morgan fingerprint density at radius 1 is 1.27 bits per heavy atom. The number of anilines is 2. The number of unbranched alkanes of at least 4 members (excludes halogenated alkanes) is 1. The van der Waals surface area contributed by atoms with Gasteiger partial charge in [-0.1, -0.05) is 33.6 Å². The number of hydrogen-bond donors (Lipinski definition) is 2. The second-order valence-corrected chi connectivity index (χ2v) is 9.56. The minimum Gasteiger partial charge on any atom is -0.383 e. The number of aromatic amines is 1. The highest BCUT2D eigenvalue weighted by molar-refractivity contribution is 7.14. The number of nitrogen functional groups attached to an aromatic ring is 1. The van der Waals surface area contributed by atoms with Gasteiger partial charge >= 0.3 is 5.69 Å². The molecule has 0 atom stereocenters. The smallest absolute Gasteiger partial charge is 0.330 e. The second-order valence-electron chi connectivity index (χ2n) is 8.43. The number of H-pyrrole nitrogens is 1. The zero-order chi connectivity index (χ0) is 21.8. The summed E-state index contributed by atoms with van der Waals surface area (Å²) in [7, 11) is 0. The van der Waals surface area contributed by atoms with Crippen LogP contribution >= 0.6 is 11.3 Å². The molecule has 0 saturated heterocycles.